The van der Waals surface area contributed by atoms with Crippen molar-refractivity contribution >= 4 is 28.3 Å². The number of aromatic amines is 1. The SMILES string of the molecule is CC(C)NC(=O)COc1cccc(-c2nc(Nc3ccc(-c4cn[nH]c4)cc3)c3cc(OCCF)ccc3n2)c1. The van der Waals surface area contributed by atoms with E-state index in [0.29, 0.717) is 28.7 Å². The van der Waals surface area contributed by atoms with E-state index < -0.39 is 6.67 Å². The number of amides is 1. The number of anilines is 2. The van der Waals surface area contributed by atoms with Crippen LogP contribution in [-0.2, 0) is 4.79 Å². The number of aromatic nitrogens is 4. The molecule has 204 valence electrons. The summed E-state index contributed by atoms with van der Waals surface area (Å²) < 4.78 is 23.9. The van der Waals surface area contributed by atoms with Gasteiger partial charge in [0.15, 0.2) is 12.4 Å². The molecule has 3 aromatic carbocycles. The number of H-pyrrole nitrogens is 1. The topological polar surface area (TPSA) is 114 Å². The van der Waals surface area contributed by atoms with Crippen LogP contribution in [0.4, 0.5) is 15.9 Å². The second-order valence-corrected chi connectivity index (χ2v) is 9.34. The molecule has 0 fully saturated rings. The molecule has 0 unspecified atom stereocenters. The molecule has 0 radical (unpaired) electrons. The fourth-order valence-electron chi connectivity index (χ4n) is 4.11. The third-order valence-electron chi connectivity index (χ3n) is 5.90. The number of nitrogens with zero attached hydrogens (tertiary/aromatic N) is 3. The number of carbonyl (C=O) groups is 1. The summed E-state index contributed by atoms with van der Waals surface area (Å²) in [7, 11) is 0. The van der Waals surface area contributed by atoms with E-state index in [2.05, 4.69) is 20.8 Å². The number of hydrogen-bond donors (Lipinski definition) is 3. The molecule has 5 rings (SSSR count). The number of halogens is 1. The van der Waals surface area contributed by atoms with E-state index >= 15 is 0 Å². The Hall–Kier alpha value is -4.99. The summed E-state index contributed by atoms with van der Waals surface area (Å²) in [6.07, 6.45) is 3.60. The molecule has 1 amide bonds. The fraction of sp³-hybridized carbons (Fsp3) is 0.200. The number of carbonyl (C=O) groups excluding carboxylic acids is 1. The van der Waals surface area contributed by atoms with E-state index in [-0.39, 0.29) is 25.2 Å². The van der Waals surface area contributed by atoms with Crippen LogP contribution in [0, 0.1) is 0 Å². The van der Waals surface area contributed by atoms with E-state index in [4.69, 9.17) is 19.4 Å². The summed E-state index contributed by atoms with van der Waals surface area (Å²) in [5, 5.41) is 13.8. The van der Waals surface area contributed by atoms with Crippen LogP contribution < -0.4 is 20.1 Å². The fourth-order valence-corrected chi connectivity index (χ4v) is 4.11. The molecule has 10 heteroatoms. The third kappa shape index (κ3) is 6.52. The lowest BCUT2D eigenvalue weighted by molar-refractivity contribution is -0.123. The molecule has 0 saturated carbocycles. The van der Waals surface area contributed by atoms with Crippen LogP contribution in [0.5, 0.6) is 11.5 Å². The Balaban J connectivity index is 1.47. The minimum atomic E-state index is -0.584. The predicted molar refractivity (Wildman–Crippen MR) is 153 cm³/mol. The number of benzene rings is 3. The average molecular weight is 541 g/mol. The molecular formula is C30H29FN6O3. The largest absolute Gasteiger partial charge is 0.491 e. The van der Waals surface area contributed by atoms with Gasteiger partial charge in [0.1, 0.15) is 30.6 Å². The van der Waals surface area contributed by atoms with Crippen molar-refractivity contribution in [1.29, 1.82) is 0 Å². The van der Waals surface area contributed by atoms with Gasteiger partial charge in [0, 0.05) is 34.4 Å². The molecule has 0 saturated heterocycles. The summed E-state index contributed by atoms with van der Waals surface area (Å²) in [6.45, 7) is 3.07. The molecule has 0 aliphatic carbocycles. The van der Waals surface area contributed by atoms with Crippen molar-refractivity contribution in [1.82, 2.24) is 25.5 Å². The van der Waals surface area contributed by atoms with Crippen molar-refractivity contribution in [2.24, 2.45) is 0 Å². The van der Waals surface area contributed by atoms with Crippen LogP contribution >= 0.6 is 0 Å². The second kappa shape index (κ2) is 12.2. The maximum atomic E-state index is 12.7. The van der Waals surface area contributed by atoms with Crippen LogP contribution in [0.3, 0.4) is 0 Å². The van der Waals surface area contributed by atoms with Gasteiger partial charge in [-0.15, -0.1) is 0 Å². The molecule has 40 heavy (non-hydrogen) atoms. The van der Waals surface area contributed by atoms with Gasteiger partial charge in [0.05, 0.1) is 11.7 Å². The number of ether oxygens (including phenoxy) is 2. The second-order valence-electron chi connectivity index (χ2n) is 9.34. The van der Waals surface area contributed by atoms with Crippen LogP contribution in [0.1, 0.15) is 13.8 Å². The van der Waals surface area contributed by atoms with Crippen molar-refractivity contribution in [2.45, 2.75) is 19.9 Å². The van der Waals surface area contributed by atoms with Gasteiger partial charge < -0.3 is 20.1 Å². The Kier molecular flexibility index (Phi) is 8.15. The maximum absolute atomic E-state index is 12.7. The van der Waals surface area contributed by atoms with E-state index in [1.807, 2.05) is 62.5 Å². The zero-order valence-corrected chi connectivity index (χ0v) is 22.1. The highest BCUT2D eigenvalue weighted by Gasteiger charge is 2.13. The summed E-state index contributed by atoms with van der Waals surface area (Å²) in [5.74, 6) is 1.89. The molecule has 0 aliphatic rings. The zero-order chi connectivity index (χ0) is 27.9. The van der Waals surface area contributed by atoms with Gasteiger partial charge in [-0.25, -0.2) is 14.4 Å². The van der Waals surface area contributed by atoms with Crippen molar-refractivity contribution in [2.75, 3.05) is 25.2 Å². The molecule has 0 spiro atoms. The number of rotatable bonds is 11. The van der Waals surface area contributed by atoms with Crippen LogP contribution in [-0.4, -0.2) is 52.0 Å². The number of nitrogens with one attached hydrogen (secondary N) is 3. The smallest absolute Gasteiger partial charge is 0.258 e. The highest BCUT2D eigenvalue weighted by molar-refractivity contribution is 5.93. The highest BCUT2D eigenvalue weighted by Crippen LogP contribution is 2.32. The van der Waals surface area contributed by atoms with Crippen molar-refractivity contribution in [3.05, 3.63) is 79.1 Å². The van der Waals surface area contributed by atoms with Crippen molar-refractivity contribution in [3.8, 4) is 34.0 Å². The number of fused-ring (bicyclic) bond motifs is 1. The van der Waals surface area contributed by atoms with Gasteiger partial charge in [-0.05, 0) is 61.9 Å². The summed E-state index contributed by atoms with van der Waals surface area (Å²) in [5.41, 5.74) is 4.23. The highest BCUT2D eigenvalue weighted by atomic mass is 19.1. The minimum absolute atomic E-state index is 0.0316. The van der Waals surface area contributed by atoms with Gasteiger partial charge in [0.2, 0.25) is 0 Å². The Morgan fingerprint density at radius 2 is 1.77 bits per heavy atom. The normalized spacial score (nSPS) is 11.0. The quantitative estimate of drug-likeness (QED) is 0.197. The molecule has 5 aromatic rings. The Morgan fingerprint density at radius 3 is 2.52 bits per heavy atom. The van der Waals surface area contributed by atoms with E-state index in [1.165, 1.54) is 0 Å². The van der Waals surface area contributed by atoms with Crippen molar-refractivity contribution < 1.29 is 18.7 Å². The molecule has 0 aliphatic heterocycles. The number of alkyl halides is 1. The van der Waals surface area contributed by atoms with Gasteiger partial charge in [-0.1, -0.05) is 24.3 Å². The number of hydrogen-bond acceptors (Lipinski definition) is 7. The van der Waals surface area contributed by atoms with Gasteiger partial charge >= 0.3 is 0 Å². The summed E-state index contributed by atoms with van der Waals surface area (Å²) in [4.78, 5) is 21.6. The minimum Gasteiger partial charge on any atom is -0.491 e. The van der Waals surface area contributed by atoms with E-state index in [9.17, 15) is 9.18 Å². The van der Waals surface area contributed by atoms with Gasteiger partial charge in [0.25, 0.3) is 5.91 Å². The summed E-state index contributed by atoms with van der Waals surface area (Å²) in [6, 6.07) is 20.6. The lowest BCUT2D eigenvalue weighted by Crippen LogP contribution is -2.34. The molecule has 0 bridgehead atoms. The molecule has 2 heterocycles. The first-order valence-electron chi connectivity index (χ1n) is 12.9. The maximum Gasteiger partial charge on any atom is 0.258 e. The Labute approximate surface area is 230 Å². The Bertz CT molecular complexity index is 1590. The van der Waals surface area contributed by atoms with Gasteiger partial charge in [-0.3, -0.25) is 9.89 Å². The first kappa shape index (κ1) is 26.6. The lowest BCUT2D eigenvalue weighted by atomic mass is 10.1. The standard InChI is InChI=1S/C30H29FN6O3/c1-19(2)34-28(38)18-40-24-5-3-4-21(14-24)29-36-27-11-10-25(39-13-12-31)15-26(27)30(37-29)35-23-8-6-20(7-9-23)22-16-32-33-17-22/h3-11,14-17,19H,12-13,18H2,1-2H3,(H,32,33)(H,34,38)(H,35,36,37). The van der Waals surface area contributed by atoms with Crippen LogP contribution in [0.25, 0.3) is 33.4 Å². The predicted octanol–water partition coefficient (Wildman–Crippen LogP) is 5.68. The van der Waals surface area contributed by atoms with Crippen molar-refractivity contribution in [3.63, 3.8) is 0 Å². The van der Waals surface area contributed by atoms with E-state index in [0.717, 1.165) is 27.8 Å². The van der Waals surface area contributed by atoms with Gasteiger partial charge in [-0.2, -0.15) is 5.10 Å². The Morgan fingerprint density at radius 1 is 0.950 bits per heavy atom. The monoisotopic (exact) mass is 540 g/mol. The molecule has 0 atom stereocenters. The molecular weight excluding hydrogens is 511 g/mol. The average Bonchev–Trinajstić information content (AvgIpc) is 3.50. The first-order valence-corrected chi connectivity index (χ1v) is 12.9. The molecule has 9 nitrogen and oxygen atoms in total. The third-order valence-corrected chi connectivity index (χ3v) is 5.90. The van der Waals surface area contributed by atoms with E-state index in [1.54, 1.807) is 30.5 Å². The van der Waals surface area contributed by atoms with Crippen LogP contribution in [0.2, 0.25) is 0 Å². The lowest BCUT2D eigenvalue weighted by Gasteiger charge is -2.14. The summed E-state index contributed by atoms with van der Waals surface area (Å²) >= 11 is 0. The first-order chi connectivity index (χ1) is 19.5. The molecule has 2 aromatic heterocycles. The van der Waals surface area contributed by atoms with Crippen LogP contribution in [0.15, 0.2) is 79.1 Å². The molecule has 3 N–H and O–H groups in total. The zero-order valence-electron chi connectivity index (χ0n) is 22.1.